The van der Waals surface area contributed by atoms with E-state index in [1.165, 1.54) is 16.5 Å². The van der Waals surface area contributed by atoms with Crippen molar-refractivity contribution in [3.63, 3.8) is 0 Å². The molecule has 0 N–H and O–H groups in total. The van der Waals surface area contributed by atoms with Crippen molar-refractivity contribution in [3.05, 3.63) is 36.0 Å². The number of halogens is 1. The van der Waals surface area contributed by atoms with Crippen molar-refractivity contribution in [1.29, 1.82) is 0 Å². The zero-order valence-corrected chi connectivity index (χ0v) is 10.8. The monoisotopic (exact) mass is 265 g/mol. The normalized spacial score (nSPS) is 13.3. The number of hydrogen-bond donors (Lipinski definition) is 0. The van der Waals surface area contributed by atoms with Gasteiger partial charge in [0.15, 0.2) is 0 Å². The molecule has 1 heterocycles. The van der Waals surface area contributed by atoms with Crippen LogP contribution in [0.1, 0.15) is 12.5 Å². The van der Waals surface area contributed by atoms with Gasteiger partial charge in [-0.25, -0.2) is 0 Å². The molecule has 1 unspecified atom stereocenters. The standard InChI is InChI=1S/C13H16BrN/c1-10-3-4-12-5-6-15(13(12)7-10)9-11(2)8-14/h3-7,11H,8-9H2,1-2H3. The first-order valence-electron chi connectivity index (χ1n) is 5.32. The van der Waals surface area contributed by atoms with E-state index in [0.29, 0.717) is 5.92 Å². The lowest BCUT2D eigenvalue weighted by Gasteiger charge is -2.10. The largest absolute Gasteiger partial charge is 0.347 e. The molecule has 0 radical (unpaired) electrons. The number of rotatable bonds is 3. The second kappa shape index (κ2) is 4.40. The van der Waals surface area contributed by atoms with Crippen molar-refractivity contribution in [2.24, 2.45) is 5.92 Å². The predicted octanol–water partition coefficient (Wildman–Crippen LogP) is 3.98. The third-order valence-electron chi connectivity index (χ3n) is 2.70. The van der Waals surface area contributed by atoms with Crippen LogP contribution < -0.4 is 0 Å². The molecule has 0 fully saturated rings. The highest BCUT2D eigenvalue weighted by Crippen LogP contribution is 2.19. The Morgan fingerprint density at radius 2 is 2.13 bits per heavy atom. The fourth-order valence-corrected chi connectivity index (χ4v) is 2.04. The van der Waals surface area contributed by atoms with Gasteiger partial charge in [-0.05, 0) is 35.9 Å². The Labute approximate surface area is 99.2 Å². The summed E-state index contributed by atoms with van der Waals surface area (Å²) in [5.74, 6) is 0.668. The molecule has 0 aliphatic carbocycles. The van der Waals surface area contributed by atoms with Crippen molar-refractivity contribution >= 4 is 26.8 Å². The third kappa shape index (κ3) is 2.25. The Balaban J connectivity index is 2.39. The average molecular weight is 266 g/mol. The van der Waals surface area contributed by atoms with Gasteiger partial charge in [-0.2, -0.15) is 0 Å². The first kappa shape index (κ1) is 10.7. The number of alkyl halides is 1. The molecule has 2 rings (SSSR count). The lowest BCUT2D eigenvalue weighted by molar-refractivity contribution is 0.546. The fourth-order valence-electron chi connectivity index (χ4n) is 1.84. The maximum atomic E-state index is 3.53. The molecule has 0 saturated heterocycles. The van der Waals surface area contributed by atoms with Crippen LogP contribution in [0.4, 0.5) is 0 Å². The minimum atomic E-state index is 0.668. The van der Waals surface area contributed by atoms with Gasteiger partial charge in [0.2, 0.25) is 0 Å². The summed E-state index contributed by atoms with van der Waals surface area (Å²) in [5.41, 5.74) is 2.68. The number of aryl methyl sites for hydroxylation is 1. The van der Waals surface area contributed by atoms with Gasteiger partial charge in [-0.15, -0.1) is 0 Å². The number of hydrogen-bond acceptors (Lipinski definition) is 0. The van der Waals surface area contributed by atoms with Crippen LogP contribution in [-0.2, 0) is 6.54 Å². The summed E-state index contributed by atoms with van der Waals surface area (Å²) in [6.07, 6.45) is 2.18. The highest BCUT2D eigenvalue weighted by molar-refractivity contribution is 9.09. The zero-order chi connectivity index (χ0) is 10.8. The number of nitrogens with zero attached hydrogens (tertiary/aromatic N) is 1. The van der Waals surface area contributed by atoms with E-state index in [1.54, 1.807) is 0 Å². The van der Waals surface area contributed by atoms with Gasteiger partial charge < -0.3 is 4.57 Å². The molecule has 80 valence electrons. The van der Waals surface area contributed by atoms with Crippen molar-refractivity contribution in [1.82, 2.24) is 4.57 Å². The third-order valence-corrected chi connectivity index (χ3v) is 3.81. The predicted molar refractivity (Wildman–Crippen MR) is 69.6 cm³/mol. The first-order valence-corrected chi connectivity index (χ1v) is 6.44. The topological polar surface area (TPSA) is 4.93 Å². The molecule has 0 aliphatic heterocycles. The molecule has 1 atom stereocenters. The molecule has 0 aliphatic rings. The van der Waals surface area contributed by atoms with E-state index >= 15 is 0 Å². The van der Waals surface area contributed by atoms with Crippen molar-refractivity contribution in [2.75, 3.05) is 5.33 Å². The van der Waals surface area contributed by atoms with Gasteiger partial charge in [0.25, 0.3) is 0 Å². The SMILES string of the molecule is Cc1ccc2ccn(CC(C)CBr)c2c1. The molecule has 0 saturated carbocycles. The molecule has 1 aromatic heterocycles. The highest BCUT2D eigenvalue weighted by Gasteiger charge is 2.04. The van der Waals surface area contributed by atoms with Crippen LogP contribution in [0, 0.1) is 12.8 Å². The summed E-state index contributed by atoms with van der Waals surface area (Å²) in [5, 5.41) is 2.39. The summed E-state index contributed by atoms with van der Waals surface area (Å²) in [7, 11) is 0. The van der Waals surface area contributed by atoms with Crippen LogP contribution in [0.3, 0.4) is 0 Å². The Kier molecular flexibility index (Phi) is 3.15. The minimum absolute atomic E-state index is 0.668. The van der Waals surface area contributed by atoms with E-state index in [0.717, 1.165) is 11.9 Å². The number of fused-ring (bicyclic) bond motifs is 1. The molecule has 1 nitrogen and oxygen atoms in total. The van der Waals surface area contributed by atoms with Crippen LogP contribution in [0.2, 0.25) is 0 Å². The van der Waals surface area contributed by atoms with Gasteiger partial charge in [0.05, 0.1) is 0 Å². The Bertz CT molecular complexity index is 459. The number of benzene rings is 1. The molecule has 2 aromatic rings. The molecule has 1 aromatic carbocycles. The molecule has 0 spiro atoms. The number of aromatic nitrogens is 1. The second-order valence-corrected chi connectivity index (χ2v) is 4.94. The molecule has 0 bridgehead atoms. The van der Waals surface area contributed by atoms with Crippen LogP contribution >= 0.6 is 15.9 Å². The Morgan fingerprint density at radius 1 is 1.33 bits per heavy atom. The van der Waals surface area contributed by atoms with E-state index in [-0.39, 0.29) is 0 Å². The molecular formula is C13H16BrN. The van der Waals surface area contributed by atoms with Gasteiger partial charge in [0.1, 0.15) is 0 Å². The second-order valence-electron chi connectivity index (χ2n) is 4.29. The van der Waals surface area contributed by atoms with Crippen LogP contribution in [0.5, 0.6) is 0 Å². The van der Waals surface area contributed by atoms with Crippen molar-refractivity contribution in [3.8, 4) is 0 Å². The Hall–Kier alpha value is -0.760. The highest BCUT2D eigenvalue weighted by atomic mass is 79.9. The maximum Gasteiger partial charge on any atom is 0.0483 e. The summed E-state index contributed by atoms with van der Waals surface area (Å²) in [4.78, 5) is 0. The van der Waals surface area contributed by atoms with Crippen LogP contribution in [-0.4, -0.2) is 9.90 Å². The molecule has 2 heteroatoms. The lowest BCUT2D eigenvalue weighted by Crippen LogP contribution is -2.07. The maximum absolute atomic E-state index is 3.53. The summed E-state index contributed by atoms with van der Waals surface area (Å²) < 4.78 is 2.34. The van der Waals surface area contributed by atoms with Crippen molar-refractivity contribution < 1.29 is 0 Å². The molecular weight excluding hydrogens is 250 g/mol. The van der Waals surface area contributed by atoms with Gasteiger partial charge >= 0.3 is 0 Å². The van der Waals surface area contributed by atoms with Gasteiger partial charge in [-0.1, -0.05) is 35.0 Å². The van der Waals surface area contributed by atoms with Gasteiger partial charge in [-0.3, -0.25) is 0 Å². The van der Waals surface area contributed by atoms with E-state index in [2.05, 4.69) is 64.8 Å². The van der Waals surface area contributed by atoms with E-state index in [9.17, 15) is 0 Å². The van der Waals surface area contributed by atoms with E-state index in [1.807, 2.05) is 0 Å². The summed E-state index contributed by atoms with van der Waals surface area (Å²) in [6.45, 7) is 5.49. The zero-order valence-electron chi connectivity index (χ0n) is 9.20. The van der Waals surface area contributed by atoms with Gasteiger partial charge in [0, 0.05) is 23.6 Å². The Morgan fingerprint density at radius 3 is 2.87 bits per heavy atom. The quantitative estimate of drug-likeness (QED) is 0.740. The molecule has 15 heavy (non-hydrogen) atoms. The smallest absolute Gasteiger partial charge is 0.0483 e. The van der Waals surface area contributed by atoms with Crippen LogP contribution in [0.25, 0.3) is 10.9 Å². The van der Waals surface area contributed by atoms with E-state index in [4.69, 9.17) is 0 Å². The lowest BCUT2D eigenvalue weighted by atomic mass is 10.2. The van der Waals surface area contributed by atoms with Crippen LogP contribution in [0.15, 0.2) is 30.5 Å². The molecule has 0 amide bonds. The summed E-state index contributed by atoms with van der Waals surface area (Å²) >= 11 is 3.53. The van der Waals surface area contributed by atoms with E-state index < -0.39 is 0 Å². The first-order chi connectivity index (χ1) is 7.20. The van der Waals surface area contributed by atoms with Crippen molar-refractivity contribution in [2.45, 2.75) is 20.4 Å². The summed E-state index contributed by atoms with van der Waals surface area (Å²) in [6, 6.07) is 8.81. The fraction of sp³-hybridized carbons (Fsp3) is 0.385. The average Bonchev–Trinajstić information content (AvgIpc) is 2.61. The minimum Gasteiger partial charge on any atom is -0.347 e.